The molecule has 104 valence electrons. The van der Waals surface area contributed by atoms with Crippen LogP contribution in [0.4, 0.5) is 0 Å². The first-order chi connectivity index (χ1) is 9.56. The van der Waals surface area contributed by atoms with Gasteiger partial charge in [0.1, 0.15) is 0 Å². The van der Waals surface area contributed by atoms with Crippen molar-refractivity contribution < 1.29 is 14.3 Å². The topological polar surface area (TPSA) is 35.5 Å². The van der Waals surface area contributed by atoms with Gasteiger partial charge < -0.3 is 9.47 Å². The zero-order valence-corrected chi connectivity index (χ0v) is 12.2. The molecule has 0 atom stereocenters. The lowest BCUT2D eigenvalue weighted by Crippen LogP contribution is -1.95. The Morgan fingerprint density at radius 2 is 1.65 bits per heavy atom. The quantitative estimate of drug-likeness (QED) is 0.791. The zero-order valence-electron chi connectivity index (χ0n) is 12.2. The maximum atomic E-state index is 11.5. The van der Waals surface area contributed by atoms with Crippen molar-refractivity contribution in [3.63, 3.8) is 0 Å². The van der Waals surface area contributed by atoms with Crippen molar-refractivity contribution in [1.29, 1.82) is 0 Å². The summed E-state index contributed by atoms with van der Waals surface area (Å²) in [4.78, 5) is 11.5. The van der Waals surface area contributed by atoms with Crippen LogP contribution in [0.15, 0.2) is 36.4 Å². The molecule has 0 radical (unpaired) electrons. The van der Waals surface area contributed by atoms with Gasteiger partial charge in [-0.25, -0.2) is 0 Å². The minimum Gasteiger partial charge on any atom is -0.493 e. The molecule has 0 bridgehead atoms. The maximum Gasteiger partial charge on any atom is 0.161 e. The van der Waals surface area contributed by atoms with Crippen molar-refractivity contribution >= 4 is 5.78 Å². The van der Waals surface area contributed by atoms with Gasteiger partial charge in [-0.15, -0.1) is 0 Å². The van der Waals surface area contributed by atoms with Crippen molar-refractivity contribution in [2.75, 3.05) is 14.2 Å². The number of methoxy groups -OCH3 is 2. The van der Waals surface area contributed by atoms with E-state index in [-0.39, 0.29) is 5.78 Å². The Labute approximate surface area is 119 Å². The number of benzene rings is 2. The molecular formula is C17H18O3. The monoisotopic (exact) mass is 270 g/mol. The van der Waals surface area contributed by atoms with Gasteiger partial charge in [-0.1, -0.05) is 18.2 Å². The van der Waals surface area contributed by atoms with Crippen molar-refractivity contribution in [2.45, 2.75) is 13.8 Å². The van der Waals surface area contributed by atoms with Crippen LogP contribution in [-0.4, -0.2) is 20.0 Å². The SMILES string of the molecule is COc1ccc(-c2cc(C(C)=O)ccc2C)cc1OC. The van der Waals surface area contributed by atoms with Crippen LogP contribution in [0.1, 0.15) is 22.8 Å². The number of hydrogen-bond donors (Lipinski definition) is 0. The minimum atomic E-state index is 0.0618. The van der Waals surface area contributed by atoms with Crippen molar-refractivity contribution in [2.24, 2.45) is 0 Å². The average molecular weight is 270 g/mol. The molecule has 0 saturated carbocycles. The molecule has 2 aromatic rings. The number of hydrogen-bond acceptors (Lipinski definition) is 3. The molecule has 3 nitrogen and oxygen atoms in total. The van der Waals surface area contributed by atoms with Crippen LogP contribution in [0.3, 0.4) is 0 Å². The van der Waals surface area contributed by atoms with E-state index in [4.69, 9.17) is 9.47 Å². The van der Waals surface area contributed by atoms with Gasteiger partial charge in [0, 0.05) is 5.56 Å². The molecule has 0 unspecified atom stereocenters. The van der Waals surface area contributed by atoms with Gasteiger partial charge in [0.25, 0.3) is 0 Å². The van der Waals surface area contributed by atoms with E-state index in [0.29, 0.717) is 17.1 Å². The predicted molar refractivity (Wildman–Crippen MR) is 79.7 cm³/mol. The average Bonchev–Trinajstić information content (AvgIpc) is 2.46. The van der Waals surface area contributed by atoms with Gasteiger partial charge in [0.15, 0.2) is 17.3 Å². The van der Waals surface area contributed by atoms with Gasteiger partial charge >= 0.3 is 0 Å². The van der Waals surface area contributed by atoms with Gasteiger partial charge in [-0.05, 0) is 48.7 Å². The predicted octanol–water partition coefficient (Wildman–Crippen LogP) is 3.88. The Morgan fingerprint density at radius 1 is 0.950 bits per heavy atom. The molecule has 0 heterocycles. The Balaban J connectivity index is 2.56. The maximum absolute atomic E-state index is 11.5. The molecule has 2 rings (SSSR count). The fourth-order valence-corrected chi connectivity index (χ4v) is 2.16. The van der Waals surface area contributed by atoms with E-state index in [0.717, 1.165) is 16.7 Å². The van der Waals surface area contributed by atoms with Crippen molar-refractivity contribution in [1.82, 2.24) is 0 Å². The number of carbonyl (C=O) groups excluding carboxylic acids is 1. The van der Waals surface area contributed by atoms with Crippen LogP contribution < -0.4 is 9.47 Å². The summed E-state index contributed by atoms with van der Waals surface area (Å²) in [6, 6.07) is 11.5. The molecule has 0 aliphatic heterocycles. The van der Waals surface area contributed by atoms with Gasteiger partial charge in [0.2, 0.25) is 0 Å². The van der Waals surface area contributed by atoms with Crippen LogP contribution >= 0.6 is 0 Å². The molecule has 0 aliphatic rings. The summed E-state index contributed by atoms with van der Waals surface area (Å²) in [6.07, 6.45) is 0. The highest BCUT2D eigenvalue weighted by molar-refractivity contribution is 5.95. The number of ether oxygens (including phenoxy) is 2. The first kappa shape index (κ1) is 14.1. The normalized spacial score (nSPS) is 10.2. The molecule has 20 heavy (non-hydrogen) atoms. The number of ketones is 1. The smallest absolute Gasteiger partial charge is 0.161 e. The third-order valence-corrected chi connectivity index (χ3v) is 3.34. The Bertz CT molecular complexity index is 645. The molecule has 0 aromatic heterocycles. The van der Waals surface area contributed by atoms with Crippen molar-refractivity contribution in [3.05, 3.63) is 47.5 Å². The summed E-state index contributed by atoms with van der Waals surface area (Å²) in [5.74, 6) is 1.43. The third-order valence-electron chi connectivity index (χ3n) is 3.34. The summed E-state index contributed by atoms with van der Waals surface area (Å²) in [5, 5.41) is 0. The largest absolute Gasteiger partial charge is 0.493 e. The highest BCUT2D eigenvalue weighted by atomic mass is 16.5. The lowest BCUT2D eigenvalue weighted by atomic mass is 9.96. The Kier molecular flexibility index (Phi) is 4.08. The molecule has 3 heteroatoms. The summed E-state index contributed by atoms with van der Waals surface area (Å²) in [6.45, 7) is 3.60. The summed E-state index contributed by atoms with van der Waals surface area (Å²) in [7, 11) is 3.22. The van der Waals surface area contributed by atoms with Crippen molar-refractivity contribution in [3.8, 4) is 22.6 Å². The number of carbonyl (C=O) groups is 1. The molecular weight excluding hydrogens is 252 g/mol. The Hall–Kier alpha value is -2.29. The fourth-order valence-electron chi connectivity index (χ4n) is 2.16. The highest BCUT2D eigenvalue weighted by Gasteiger charge is 2.10. The number of aryl methyl sites for hydroxylation is 1. The van der Waals surface area contributed by atoms with Gasteiger partial charge in [-0.3, -0.25) is 4.79 Å². The van der Waals surface area contributed by atoms with E-state index in [2.05, 4.69) is 0 Å². The number of Topliss-reactive ketones (excluding diaryl/α,β-unsaturated/α-hetero) is 1. The minimum absolute atomic E-state index is 0.0618. The van der Waals surface area contributed by atoms with E-state index < -0.39 is 0 Å². The fraction of sp³-hybridized carbons (Fsp3) is 0.235. The number of rotatable bonds is 4. The lowest BCUT2D eigenvalue weighted by molar-refractivity contribution is 0.101. The first-order valence-corrected chi connectivity index (χ1v) is 6.40. The second kappa shape index (κ2) is 5.78. The molecule has 0 N–H and O–H groups in total. The Morgan fingerprint density at radius 3 is 2.25 bits per heavy atom. The summed E-state index contributed by atoms with van der Waals surface area (Å²) >= 11 is 0. The highest BCUT2D eigenvalue weighted by Crippen LogP contribution is 2.33. The van der Waals surface area contributed by atoms with E-state index >= 15 is 0 Å². The standard InChI is InChI=1S/C17H18O3/c1-11-5-6-13(12(2)18)9-15(11)14-7-8-16(19-3)17(10-14)20-4/h5-10H,1-4H3. The van der Waals surface area contributed by atoms with E-state index in [9.17, 15) is 4.79 Å². The molecule has 2 aromatic carbocycles. The van der Waals surface area contributed by atoms with E-state index in [1.165, 1.54) is 0 Å². The lowest BCUT2D eigenvalue weighted by Gasteiger charge is -2.12. The van der Waals surface area contributed by atoms with Gasteiger partial charge in [0.05, 0.1) is 14.2 Å². The van der Waals surface area contributed by atoms with Crippen LogP contribution in [0.5, 0.6) is 11.5 Å². The zero-order chi connectivity index (χ0) is 14.7. The first-order valence-electron chi connectivity index (χ1n) is 6.40. The molecule has 0 saturated heterocycles. The third kappa shape index (κ3) is 2.67. The second-order valence-electron chi connectivity index (χ2n) is 4.66. The molecule has 0 spiro atoms. The second-order valence-corrected chi connectivity index (χ2v) is 4.66. The van der Waals surface area contributed by atoms with Gasteiger partial charge in [-0.2, -0.15) is 0 Å². The van der Waals surface area contributed by atoms with Crippen LogP contribution in [0.2, 0.25) is 0 Å². The molecule has 0 aliphatic carbocycles. The van der Waals surface area contributed by atoms with Crippen LogP contribution in [0, 0.1) is 6.92 Å². The van der Waals surface area contributed by atoms with Crippen LogP contribution in [0.25, 0.3) is 11.1 Å². The van der Waals surface area contributed by atoms with E-state index in [1.54, 1.807) is 21.1 Å². The summed E-state index contributed by atoms with van der Waals surface area (Å²) < 4.78 is 10.6. The molecule has 0 amide bonds. The molecule has 0 fully saturated rings. The van der Waals surface area contributed by atoms with E-state index in [1.807, 2.05) is 43.3 Å². The van der Waals surface area contributed by atoms with Crippen LogP contribution in [-0.2, 0) is 0 Å². The summed E-state index contributed by atoms with van der Waals surface area (Å²) in [5.41, 5.74) is 3.85.